The van der Waals surface area contributed by atoms with Gasteiger partial charge in [-0.3, -0.25) is 0 Å². The summed E-state index contributed by atoms with van der Waals surface area (Å²) in [5.41, 5.74) is 9.17. The lowest BCUT2D eigenvalue weighted by molar-refractivity contribution is 0.305. The van der Waals surface area contributed by atoms with Crippen LogP contribution in [0.2, 0.25) is 0 Å². The minimum Gasteiger partial charge on any atom is -0.378 e. The minimum atomic E-state index is 0.0863. The maximum Gasteiger partial charge on any atom is 0.0495 e. The fraction of sp³-hybridized carbons (Fsp3) is 0.647. The zero-order valence-electron chi connectivity index (χ0n) is 12.6. The van der Waals surface area contributed by atoms with E-state index < -0.39 is 0 Å². The van der Waals surface area contributed by atoms with Crippen molar-refractivity contribution in [1.82, 2.24) is 0 Å². The number of aryl methyl sites for hydroxylation is 1. The number of hydrogen-bond acceptors (Lipinski definition) is 2. The van der Waals surface area contributed by atoms with Gasteiger partial charge in [-0.1, -0.05) is 38.0 Å². The molecule has 1 atom stereocenters. The maximum absolute atomic E-state index is 6.11. The molecule has 106 valence electrons. The van der Waals surface area contributed by atoms with Crippen molar-refractivity contribution in [2.75, 3.05) is 11.9 Å². The standard InChI is InChI=1S/C17H28N2/c1-14-5-7-15(8-6-14)19-17(13-18)10-4-9-16(2,3)11-12-17/h5-8,19H,4,9-13,18H2,1-3H3. The van der Waals surface area contributed by atoms with E-state index in [1.54, 1.807) is 0 Å². The molecule has 1 saturated carbocycles. The van der Waals surface area contributed by atoms with E-state index in [1.807, 2.05) is 0 Å². The zero-order chi connectivity index (χ0) is 13.9. The van der Waals surface area contributed by atoms with Gasteiger partial charge in [-0.15, -0.1) is 0 Å². The third-order valence-corrected chi connectivity index (χ3v) is 4.64. The number of hydrogen-bond donors (Lipinski definition) is 2. The molecule has 2 heteroatoms. The molecule has 1 unspecified atom stereocenters. The van der Waals surface area contributed by atoms with Crippen LogP contribution < -0.4 is 11.1 Å². The first-order valence-electron chi connectivity index (χ1n) is 7.50. The lowest BCUT2D eigenvalue weighted by atomic mass is 9.83. The lowest BCUT2D eigenvalue weighted by Gasteiger charge is -2.34. The molecular formula is C17H28N2. The average Bonchev–Trinajstić information content (AvgIpc) is 2.52. The number of benzene rings is 1. The highest BCUT2D eigenvalue weighted by molar-refractivity contribution is 5.47. The van der Waals surface area contributed by atoms with Crippen molar-refractivity contribution in [2.24, 2.45) is 11.1 Å². The van der Waals surface area contributed by atoms with Crippen molar-refractivity contribution in [3.63, 3.8) is 0 Å². The van der Waals surface area contributed by atoms with E-state index in [9.17, 15) is 0 Å². The molecule has 0 radical (unpaired) electrons. The van der Waals surface area contributed by atoms with E-state index in [4.69, 9.17) is 5.73 Å². The molecule has 1 fully saturated rings. The summed E-state index contributed by atoms with van der Waals surface area (Å²) < 4.78 is 0. The predicted molar refractivity (Wildman–Crippen MR) is 83.5 cm³/mol. The van der Waals surface area contributed by atoms with Crippen LogP contribution in [0.5, 0.6) is 0 Å². The van der Waals surface area contributed by atoms with Crippen LogP contribution in [-0.2, 0) is 0 Å². The van der Waals surface area contributed by atoms with Crippen molar-refractivity contribution in [3.8, 4) is 0 Å². The topological polar surface area (TPSA) is 38.0 Å². The molecular weight excluding hydrogens is 232 g/mol. The fourth-order valence-corrected chi connectivity index (χ4v) is 3.06. The van der Waals surface area contributed by atoms with Crippen LogP contribution >= 0.6 is 0 Å². The summed E-state index contributed by atoms with van der Waals surface area (Å²) in [6, 6.07) is 8.66. The molecule has 1 aliphatic rings. The van der Waals surface area contributed by atoms with Gasteiger partial charge in [0.15, 0.2) is 0 Å². The second-order valence-corrected chi connectivity index (χ2v) is 6.99. The van der Waals surface area contributed by atoms with Gasteiger partial charge in [0.05, 0.1) is 0 Å². The lowest BCUT2D eigenvalue weighted by Crippen LogP contribution is -2.45. The second-order valence-electron chi connectivity index (χ2n) is 6.99. The molecule has 2 nitrogen and oxygen atoms in total. The third kappa shape index (κ3) is 3.73. The number of nitrogens with two attached hydrogens (primary N) is 1. The first kappa shape index (κ1) is 14.4. The minimum absolute atomic E-state index is 0.0863. The van der Waals surface area contributed by atoms with E-state index in [0.29, 0.717) is 5.41 Å². The van der Waals surface area contributed by atoms with Gasteiger partial charge < -0.3 is 11.1 Å². The molecule has 1 aromatic carbocycles. The first-order valence-corrected chi connectivity index (χ1v) is 7.50. The van der Waals surface area contributed by atoms with E-state index in [-0.39, 0.29) is 5.54 Å². The van der Waals surface area contributed by atoms with Gasteiger partial charge in [0.25, 0.3) is 0 Å². The highest BCUT2D eigenvalue weighted by atomic mass is 15.0. The van der Waals surface area contributed by atoms with E-state index in [1.165, 1.54) is 43.4 Å². The van der Waals surface area contributed by atoms with Crippen LogP contribution in [-0.4, -0.2) is 12.1 Å². The molecule has 1 aromatic rings. The van der Waals surface area contributed by atoms with Gasteiger partial charge in [-0.2, -0.15) is 0 Å². The maximum atomic E-state index is 6.11. The Morgan fingerprint density at radius 3 is 2.37 bits per heavy atom. The summed E-state index contributed by atoms with van der Waals surface area (Å²) in [6.07, 6.45) is 6.18. The quantitative estimate of drug-likeness (QED) is 0.803. The smallest absolute Gasteiger partial charge is 0.0495 e. The molecule has 0 amide bonds. The molecule has 0 aliphatic heterocycles. The molecule has 0 heterocycles. The van der Waals surface area contributed by atoms with Gasteiger partial charge in [0.1, 0.15) is 0 Å². The van der Waals surface area contributed by atoms with Gasteiger partial charge in [0.2, 0.25) is 0 Å². The summed E-state index contributed by atoms with van der Waals surface area (Å²) in [6.45, 7) is 7.60. The largest absolute Gasteiger partial charge is 0.378 e. The van der Waals surface area contributed by atoms with E-state index >= 15 is 0 Å². The molecule has 0 aromatic heterocycles. The number of anilines is 1. The monoisotopic (exact) mass is 260 g/mol. The Hall–Kier alpha value is -1.02. The van der Waals surface area contributed by atoms with Gasteiger partial charge in [-0.05, 0) is 50.2 Å². The number of rotatable bonds is 3. The highest BCUT2D eigenvalue weighted by Gasteiger charge is 2.34. The second kappa shape index (κ2) is 5.54. The van der Waals surface area contributed by atoms with Crippen molar-refractivity contribution >= 4 is 5.69 Å². The molecule has 0 spiro atoms. The molecule has 0 saturated heterocycles. The summed E-state index contributed by atoms with van der Waals surface area (Å²) in [5.74, 6) is 0. The summed E-state index contributed by atoms with van der Waals surface area (Å²) in [4.78, 5) is 0. The van der Waals surface area contributed by atoms with Gasteiger partial charge >= 0.3 is 0 Å². The van der Waals surface area contributed by atoms with E-state index in [0.717, 1.165) is 6.54 Å². The van der Waals surface area contributed by atoms with Gasteiger partial charge in [0, 0.05) is 17.8 Å². The van der Waals surface area contributed by atoms with Crippen LogP contribution in [0.15, 0.2) is 24.3 Å². The SMILES string of the molecule is Cc1ccc(NC2(CN)CCCC(C)(C)CC2)cc1. The summed E-state index contributed by atoms with van der Waals surface area (Å²) >= 11 is 0. The van der Waals surface area contributed by atoms with Crippen molar-refractivity contribution in [3.05, 3.63) is 29.8 Å². The predicted octanol–water partition coefficient (Wildman–Crippen LogP) is 4.09. The Morgan fingerprint density at radius 1 is 1.05 bits per heavy atom. The third-order valence-electron chi connectivity index (χ3n) is 4.64. The van der Waals surface area contributed by atoms with Crippen LogP contribution in [0.1, 0.15) is 51.5 Å². The van der Waals surface area contributed by atoms with Crippen LogP contribution in [0, 0.1) is 12.3 Å². The van der Waals surface area contributed by atoms with Gasteiger partial charge in [-0.25, -0.2) is 0 Å². The Morgan fingerprint density at radius 2 is 1.74 bits per heavy atom. The molecule has 0 bridgehead atoms. The Bertz CT molecular complexity index is 408. The fourth-order valence-electron chi connectivity index (χ4n) is 3.06. The highest BCUT2D eigenvalue weighted by Crippen LogP contribution is 2.39. The van der Waals surface area contributed by atoms with E-state index in [2.05, 4.69) is 50.4 Å². The van der Waals surface area contributed by atoms with Crippen LogP contribution in [0.3, 0.4) is 0 Å². The normalized spacial score (nSPS) is 26.7. The Labute approximate surface area is 117 Å². The van der Waals surface area contributed by atoms with Crippen LogP contribution in [0.4, 0.5) is 5.69 Å². The Kier molecular flexibility index (Phi) is 4.19. The molecule has 1 aliphatic carbocycles. The number of nitrogens with one attached hydrogen (secondary N) is 1. The Balaban J connectivity index is 2.11. The average molecular weight is 260 g/mol. The molecule has 2 rings (SSSR count). The van der Waals surface area contributed by atoms with Crippen molar-refractivity contribution in [2.45, 2.75) is 58.4 Å². The summed E-state index contributed by atoms with van der Waals surface area (Å²) in [7, 11) is 0. The molecule has 19 heavy (non-hydrogen) atoms. The molecule has 3 N–H and O–H groups in total. The summed E-state index contributed by atoms with van der Waals surface area (Å²) in [5, 5.41) is 3.72. The van der Waals surface area contributed by atoms with Crippen LogP contribution in [0.25, 0.3) is 0 Å². The zero-order valence-corrected chi connectivity index (χ0v) is 12.6. The van der Waals surface area contributed by atoms with Crippen molar-refractivity contribution < 1.29 is 0 Å². The first-order chi connectivity index (χ1) is 8.95. The van der Waals surface area contributed by atoms with Crippen molar-refractivity contribution in [1.29, 1.82) is 0 Å².